The first-order chi connectivity index (χ1) is 9.20. The smallest absolute Gasteiger partial charge is 0.243 e. The quantitative estimate of drug-likeness (QED) is 0.858. The van der Waals surface area contributed by atoms with E-state index in [-0.39, 0.29) is 10.5 Å². The van der Waals surface area contributed by atoms with Crippen LogP contribution in [0.1, 0.15) is 19.4 Å². The van der Waals surface area contributed by atoms with Crippen LogP contribution in [-0.2, 0) is 14.8 Å². The molecule has 0 spiro atoms. The first kappa shape index (κ1) is 16.1. The van der Waals surface area contributed by atoms with Crippen molar-refractivity contribution in [3.63, 3.8) is 0 Å². The normalized spacial score (nSPS) is 11.6. The van der Waals surface area contributed by atoms with Crippen LogP contribution in [0.2, 0.25) is 0 Å². The van der Waals surface area contributed by atoms with E-state index >= 15 is 0 Å². The molecule has 1 aromatic rings. The number of rotatable bonds is 5. The molecule has 108 valence electrons. The maximum atomic E-state index is 13.2. The number of carbonyl (C=O) groups is 1. The van der Waals surface area contributed by atoms with Crippen LogP contribution in [-0.4, -0.2) is 31.2 Å². The number of halogens is 1. The molecule has 0 aliphatic heterocycles. The van der Waals surface area contributed by atoms with E-state index in [0.29, 0.717) is 0 Å². The third kappa shape index (κ3) is 3.31. The standard InChI is InChI=1S/C12H14FN3O3S/c1-8(2)16(7-12(15)17)20(18,19)10-3-4-11(13)9(5-10)6-14/h3-5,8H,7H2,1-2H3,(H2,15,17). The van der Waals surface area contributed by atoms with E-state index in [4.69, 9.17) is 11.0 Å². The van der Waals surface area contributed by atoms with Crippen LogP contribution in [0.4, 0.5) is 4.39 Å². The van der Waals surface area contributed by atoms with E-state index < -0.39 is 34.3 Å². The fourth-order valence-corrected chi connectivity index (χ4v) is 3.21. The summed E-state index contributed by atoms with van der Waals surface area (Å²) >= 11 is 0. The fourth-order valence-electron chi connectivity index (χ4n) is 1.58. The third-order valence-electron chi connectivity index (χ3n) is 2.55. The van der Waals surface area contributed by atoms with Crippen molar-refractivity contribution in [3.8, 4) is 6.07 Å². The highest BCUT2D eigenvalue weighted by Crippen LogP contribution is 2.20. The highest BCUT2D eigenvalue weighted by Gasteiger charge is 2.29. The Morgan fingerprint density at radius 2 is 2.10 bits per heavy atom. The molecule has 0 fully saturated rings. The molecule has 0 unspecified atom stereocenters. The Hall–Kier alpha value is -1.98. The Kier molecular flexibility index (Phi) is 4.81. The summed E-state index contributed by atoms with van der Waals surface area (Å²) in [5.41, 5.74) is 4.65. The highest BCUT2D eigenvalue weighted by molar-refractivity contribution is 7.89. The largest absolute Gasteiger partial charge is 0.369 e. The predicted octanol–water partition coefficient (Wildman–Crippen LogP) is 0.582. The van der Waals surface area contributed by atoms with Gasteiger partial charge < -0.3 is 5.73 Å². The van der Waals surface area contributed by atoms with Gasteiger partial charge in [-0.05, 0) is 32.0 Å². The van der Waals surface area contributed by atoms with E-state index in [1.54, 1.807) is 19.9 Å². The average molecular weight is 299 g/mol. The van der Waals surface area contributed by atoms with Crippen molar-refractivity contribution < 1.29 is 17.6 Å². The lowest BCUT2D eigenvalue weighted by Gasteiger charge is -2.24. The number of nitrogens with two attached hydrogens (primary N) is 1. The summed E-state index contributed by atoms with van der Waals surface area (Å²) in [5, 5.41) is 8.73. The van der Waals surface area contributed by atoms with Gasteiger partial charge in [0.1, 0.15) is 11.9 Å². The molecule has 0 atom stereocenters. The van der Waals surface area contributed by atoms with Crippen LogP contribution >= 0.6 is 0 Å². The minimum Gasteiger partial charge on any atom is -0.369 e. The molecule has 0 aliphatic rings. The minimum absolute atomic E-state index is 0.259. The topological polar surface area (TPSA) is 104 Å². The van der Waals surface area contributed by atoms with Crippen LogP contribution in [0.3, 0.4) is 0 Å². The van der Waals surface area contributed by atoms with Gasteiger partial charge in [-0.15, -0.1) is 0 Å². The zero-order valence-corrected chi connectivity index (χ0v) is 11.8. The van der Waals surface area contributed by atoms with Gasteiger partial charge in [-0.2, -0.15) is 9.57 Å². The number of carbonyl (C=O) groups excluding carboxylic acids is 1. The van der Waals surface area contributed by atoms with Gasteiger partial charge in [0, 0.05) is 6.04 Å². The molecular formula is C12H14FN3O3S. The zero-order valence-electron chi connectivity index (χ0n) is 11.0. The summed E-state index contributed by atoms with van der Waals surface area (Å²) in [6, 6.07) is 3.93. The fraction of sp³-hybridized carbons (Fsp3) is 0.333. The first-order valence-electron chi connectivity index (χ1n) is 5.70. The molecule has 0 heterocycles. The van der Waals surface area contributed by atoms with E-state index in [2.05, 4.69) is 0 Å². The molecule has 0 bridgehead atoms. The van der Waals surface area contributed by atoms with Gasteiger partial charge in [-0.3, -0.25) is 4.79 Å². The molecule has 0 aromatic heterocycles. The van der Waals surface area contributed by atoms with Gasteiger partial charge in [0.15, 0.2) is 0 Å². The van der Waals surface area contributed by atoms with E-state index in [1.165, 1.54) is 0 Å². The minimum atomic E-state index is -4.03. The zero-order chi connectivity index (χ0) is 15.5. The van der Waals surface area contributed by atoms with Gasteiger partial charge >= 0.3 is 0 Å². The number of amides is 1. The average Bonchev–Trinajstić information content (AvgIpc) is 2.35. The second-order valence-corrected chi connectivity index (χ2v) is 6.25. The summed E-state index contributed by atoms with van der Waals surface area (Å²) in [6.07, 6.45) is 0. The SMILES string of the molecule is CC(C)N(CC(N)=O)S(=O)(=O)c1ccc(F)c(C#N)c1. The predicted molar refractivity (Wildman–Crippen MR) is 69.3 cm³/mol. The Bertz CT molecular complexity index is 665. The second-order valence-electron chi connectivity index (χ2n) is 4.36. The third-order valence-corrected chi connectivity index (χ3v) is 4.57. The van der Waals surface area contributed by atoms with Gasteiger partial charge in [0.25, 0.3) is 0 Å². The van der Waals surface area contributed by atoms with Crippen molar-refractivity contribution in [3.05, 3.63) is 29.6 Å². The Balaban J connectivity index is 3.34. The lowest BCUT2D eigenvalue weighted by atomic mass is 10.2. The summed E-state index contributed by atoms with van der Waals surface area (Å²) in [6.45, 7) is 2.67. The van der Waals surface area contributed by atoms with Crippen molar-refractivity contribution >= 4 is 15.9 Å². The maximum absolute atomic E-state index is 13.2. The van der Waals surface area contributed by atoms with Crippen molar-refractivity contribution in [2.75, 3.05) is 6.54 Å². The van der Waals surface area contributed by atoms with Crippen LogP contribution < -0.4 is 5.73 Å². The molecule has 0 saturated carbocycles. The van der Waals surface area contributed by atoms with E-state index in [1.807, 2.05) is 0 Å². The monoisotopic (exact) mass is 299 g/mol. The van der Waals surface area contributed by atoms with Gasteiger partial charge in [-0.25, -0.2) is 12.8 Å². The Labute approximate surface area is 116 Å². The summed E-state index contributed by atoms with van der Waals surface area (Å²) in [7, 11) is -4.03. The number of hydrogen-bond donors (Lipinski definition) is 1. The van der Waals surface area contributed by atoms with Gasteiger partial charge in [-0.1, -0.05) is 0 Å². The lowest BCUT2D eigenvalue weighted by Crippen LogP contribution is -2.42. The number of nitrogens with zero attached hydrogens (tertiary/aromatic N) is 2. The number of nitriles is 1. The van der Waals surface area contributed by atoms with Crippen LogP contribution in [0.5, 0.6) is 0 Å². The number of primary amides is 1. The molecule has 2 N–H and O–H groups in total. The first-order valence-corrected chi connectivity index (χ1v) is 7.14. The van der Waals surface area contributed by atoms with Crippen molar-refractivity contribution in [2.24, 2.45) is 5.73 Å². The molecule has 6 nitrogen and oxygen atoms in total. The molecule has 1 rings (SSSR count). The molecule has 0 radical (unpaired) electrons. The van der Waals surface area contributed by atoms with Crippen molar-refractivity contribution in [1.82, 2.24) is 4.31 Å². The summed E-state index contributed by atoms with van der Waals surface area (Å²) < 4.78 is 38.9. The Morgan fingerprint density at radius 3 is 2.55 bits per heavy atom. The molecule has 1 amide bonds. The van der Waals surface area contributed by atoms with Crippen LogP contribution in [0.15, 0.2) is 23.1 Å². The van der Waals surface area contributed by atoms with E-state index in [0.717, 1.165) is 22.5 Å². The van der Waals surface area contributed by atoms with Crippen molar-refractivity contribution in [1.29, 1.82) is 5.26 Å². The Morgan fingerprint density at radius 1 is 1.50 bits per heavy atom. The number of sulfonamides is 1. The van der Waals surface area contributed by atoms with Crippen LogP contribution in [0, 0.1) is 17.1 Å². The molecule has 8 heteroatoms. The second kappa shape index (κ2) is 5.98. The summed E-state index contributed by atoms with van der Waals surface area (Å²) in [5.74, 6) is -1.61. The highest BCUT2D eigenvalue weighted by atomic mass is 32.2. The summed E-state index contributed by atoms with van der Waals surface area (Å²) in [4.78, 5) is 10.7. The van der Waals surface area contributed by atoms with Crippen molar-refractivity contribution in [2.45, 2.75) is 24.8 Å². The molecule has 0 aliphatic carbocycles. The lowest BCUT2D eigenvalue weighted by molar-refractivity contribution is -0.118. The maximum Gasteiger partial charge on any atom is 0.243 e. The van der Waals surface area contributed by atoms with Gasteiger partial charge in [0.05, 0.1) is 17.0 Å². The molecule has 20 heavy (non-hydrogen) atoms. The number of hydrogen-bond acceptors (Lipinski definition) is 4. The molecular weight excluding hydrogens is 285 g/mol. The van der Waals surface area contributed by atoms with Gasteiger partial charge in [0.2, 0.25) is 15.9 Å². The van der Waals surface area contributed by atoms with Crippen LogP contribution in [0.25, 0.3) is 0 Å². The molecule has 0 saturated heterocycles. The number of benzene rings is 1. The molecule has 1 aromatic carbocycles. The van der Waals surface area contributed by atoms with E-state index in [9.17, 15) is 17.6 Å².